The van der Waals surface area contributed by atoms with Gasteiger partial charge in [-0.05, 0) is 36.1 Å². The molecule has 4 heteroatoms. The second-order valence-corrected chi connectivity index (χ2v) is 6.39. The van der Waals surface area contributed by atoms with E-state index in [1.807, 2.05) is 35.2 Å². The Labute approximate surface area is 148 Å². The fourth-order valence-corrected chi connectivity index (χ4v) is 3.40. The van der Waals surface area contributed by atoms with E-state index in [1.165, 1.54) is 12.1 Å². The Morgan fingerprint density at radius 3 is 2.40 bits per heavy atom. The van der Waals surface area contributed by atoms with Crippen LogP contribution in [0.25, 0.3) is 0 Å². The molecule has 2 atom stereocenters. The van der Waals surface area contributed by atoms with Gasteiger partial charge in [0.15, 0.2) is 0 Å². The molecule has 1 aliphatic rings. The van der Waals surface area contributed by atoms with Crippen LogP contribution in [0.5, 0.6) is 0 Å². The molecule has 0 saturated carbocycles. The smallest absolute Gasteiger partial charge is 0.223 e. The van der Waals surface area contributed by atoms with E-state index in [0.717, 1.165) is 30.5 Å². The molecule has 0 unspecified atom stereocenters. The molecule has 0 spiro atoms. The molecule has 3 rings (SSSR count). The van der Waals surface area contributed by atoms with Gasteiger partial charge < -0.3 is 9.64 Å². The quantitative estimate of drug-likeness (QED) is 0.733. The average Bonchev–Trinajstić information content (AvgIpc) is 3.06. The zero-order valence-corrected chi connectivity index (χ0v) is 14.5. The summed E-state index contributed by atoms with van der Waals surface area (Å²) in [6.45, 7) is 3.37. The number of carbonyl (C=O) groups is 1. The van der Waals surface area contributed by atoms with Crippen molar-refractivity contribution >= 4 is 5.91 Å². The first-order valence-electron chi connectivity index (χ1n) is 8.92. The van der Waals surface area contributed by atoms with E-state index in [0.29, 0.717) is 13.0 Å². The predicted molar refractivity (Wildman–Crippen MR) is 95.5 cm³/mol. The highest BCUT2D eigenvalue weighted by Crippen LogP contribution is 2.39. The summed E-state index contributed by atoms with van der Waals surface area (Å²) >= 11 is 0. The Hall–Kier alpha value is -2.20. The minimum absolute atomic E-state index is 0.154. The van der Waals surface area contributed by atoms with Crippen LogP contribution < -0.4 is 0 Å². The second-order valence-electron chi connectivity index (χ2n) is 6.39. The van der Waals surface area contributed by atoms with E-state index in [4.69, 9.17) is 4.74 Å². The van der Waals surface area contributed by atoms with E-state index in [1.54, 1.807) is 12.1 Å². The number of nitrogens with zero attached hydrogens (tertiary/aromatic N) is 1. The van der Waals surface area contributed by atoms with Gasteiger partial charge in [-0.2, -0.15) is 0 Å². The van der Waals surface area contributed by atoms with Gasteiger partial charge in [0.2, 0.25) is 5.91 Å². The number of likely N-dealkylation sites (tertiary alicyclic amines) is 1. The molecule has 2 aromatic rings. The van der Waals surface area contributed by atoms with E-state index in [2.05, 4.69) is 6.92 Å². The number of carbonyl (C=O) groups excluding carboxylic acids is 1. The number of rotatable bonds is 7. The highest BCUT2D eigenvalue weighted by atomic mass is 19.1. The lowest BCUT2D eigenvalue weighted by atomic mass is 9.94. The maximum atomic E-state index is 13.4. The zero-order valence-electron chi connectivity index (χ0n) is 14.5. The molecule has 2 aromatic carbocycles. The van der Waals surface area contributed by atoms with Crippen LogP contribution in [0.3, 0.4) is 0 Å². The van der Waals surface area contributed by atoms with Gasteiger partial charge in [0.25, 0.3) is 0 Å². The number of ether oxygens (including phenoxy) is 1. The molecule has 0 aliphatic carbocycles. The first kappa shape index (κ1) is 17.6. The lowest BCUT2D eigenvalue weighted by molar-refractivity contribution is -0.133. The maximum Gasteiger partial charge on any atom is 0.223 e. The van der Waals surface area contributed by atoms with Gasteiger partial charge in [0, 0.05) is 19.6 Å². The summed E-state index contributed by atoms with van der Waals surface area (Å²) < 4.78 is 19.6. The van der Waals surface area contributed by atoms with Crippen molar-refractivity contribution in [2.24, 2.45) is 0 Å². The van der Waals surface area contributed by atoms with Gasteiger partial charge >= 0.3 is 0 Å². The molecular weight excluding hydrogens is 317 g/mol. The third-order valence-electron chi connectivity index (χ3n) is 4.57. The summed E-state index contributed by atoms with van der Waals surface area (Å²) in [6.07, 6.45) is 2.01. The van der Waals surface area contributed by atoms with Crippen molar-refractivity contribution in [2.45, 2.75) is 38.3 Å². The third-order valence-corrected chi connectivity index (χ3v) is 4.57. The molecule has 1 fully saturated rings. The topological polar surface area (TPSA) is 29.5 Å². The van der Waals surface area contributed by atoms with Crippen LogP contribution in [0.1, 0.15) is 49.5 Å². The molecule has 132 valence electrons. The van der Waals surface area contributed by atoms with E-state index >= 15 is 0 Å². The molecule has 0 aromatic heterocycles. The van der Waals surface area contributed by atoms with Gasteiger partial charge in [-0.25, -0.2) is 4.39 Å². The summed E-state index contributed by atoms with van der Waals surface area (Å²) in [7, 11) is 0. The van der Waals surface area contributed by atoms with Crippen molar-refractivity contribution < 1.29 is 13.9 Å². The summed E-state index contributed by atoms with van der Waals surface area (Å²) in [5, 5.41) is 0. The van der Waals surface area contributed by atoms with Crippen molar-refractivity contribution in [2.75, 3.05) is 13.2 Å². The molecule has 1 saturated heterocycles. The molecule has 1 aliphatic heterocycles. The highest BCUT2D eigenvalue weighted by Gasteiger charge is 2.36. The Morgan fingerprint density at radius 2 is 1.80 bits per heavy atom. The van der Waals surface area contributed by atoms with E-state index < -0.39 is 0 Å². The summed E-state index contributed by atoms with van der Waals surface area (Å²) in [6, 6.07) is 16.2. The Morgan fingerprint density at radius 1 is 1.08 bits per heavy atom. The SMILES string of the molecule is CCCO[C@@H](c1ccc(F)cc1)[C@H](c1ccccc1)N1CCCC1=O. The first-order chi connectivity index (χ1) is 12.2. The maximum absolute atomic E-state index is 13.4. The van der Waals surface area contributed by atoms with Crippen molar-refractivity contribution in [3.05, 3.63) is 71.5 Å². The number of benzene rings is 2. The molecule has 1 heterocycles. The largest absolute Gasteiger partial charge is 0.371 e. The van der Waals surface area contributed by atoms with Gasteiger partial charge in [-0.1, -0.05) is 49.4 Å². The standard InChI is InChI=1S/C21H24FNO2/c1-2-15-25-21(17-10-12-18(22)13-11-17)20(16-7-4-3-5-8-16)23-14-6-9-19(23)24/h3-5,7-8,10-13,20-21H,2,6,9,14-15H2,1H3/t20-,21-/m0/s1. The van der Waals surface area contributed by atoms with Crippen LogP contribution >= 0.6 is 0 Å². The van der Waals surface area contributed by atoms with Crippen LogP contribution in [0.4, 0.5) is 4.39 Å². The molecular formula is C21H24FNO2. The fourth-order valence-electron chi connectivity index (χ4n) is 3.40. The highest BCUT2D eigenvalue weighted by molar-refractivity contribution is 5.78. The van der Waals surface area contributed by atoms with Crippen LogP contribution in [-0.2, 0) is 9.53 Å². The number of halogens is 1. The van der Waals surface area contributed by atoms with Crippen molar-refractivity contribution in [1.29, 1.82) is 0 Å². The third kappa shape index (κ3) is 4.07. The lowest BCUT2D eigenvalue weighted by Crippen LogP contribution is -2.35. The monoisotopic (exact) mass is 341 g/mol. The van der Waals surface area contributed by atoms with E-state index in [-0.39, 0.29) is 23.9 Å². The Balaban J connectivity index is 2.02. The minimum atomic E-state index is -0.315. The number of hydrogen-bond donors (Lipinski definition) is 0. The fraction of sp³-hybridized carbons (Fsp3) is 0.381. The predicted octanol–water partition coefficient (Wildman–Crippen LogP) is 4.66. The van der Waals surface area contributed by atoms with Gasteiger partial charge in [0.05, 0.1) is 6.04 Å². The van der Waals surface area contributed by atoms with Crippen molar-refractivity contribution in [3.63, 3.8) is 0 Å². The van der Waals surface area contributed by atoms with Crippen LogP contribution in [0.15, 0.2) is 54.6 Å². The molecule has 0 N–H and O–H groups in total. The second kappa shape index (κ2) is 8.26. The average molecular weight is 341 g/mol. The first-order valence-corrected chi connectivity index (χ1v) is 8.92. The molecule has 1 amide bonds. The zero-order chi connectivity index (χ0) is 17.6. The minimum Gasteiger partial charge on any atom is -0.371 e. The summed E-state index contributed by atoms with van der Waals surface area (Å²) in [5.41, 5.74) is 1.94. The molecule has 0 bridgehead atoms. The van der Waals surface area contributed by atoms with E-state index in [9.17, 15) is 9.18 Å². The van der Waals surface area contributed by atoms with Gasteiger partial charge in [-0.15, -0.1) is 0 Å². The van der Waals surface area contributed by atoms with Gasteiger partial charge in [-0.3, -0.25) is 4.79 Å². The number of amides is 1. The lowest BCUT2D eigenvalue weighted by Gasteiger charge is -2.35. The summed E-state index contributed by atoms with van der Waals surface area (Å²) in [5.74, 6) is -0.118. The number of hydrogen-bond acceptors (Lipinski definition) is 2. The Kier molecular flexibility index (Phi) is 5.82. The van der Waals surface area contributed by atoms with Crippen molar-refractivity contribution in [1.82, 2.24) is 4.90 Å². The summed E-state index contributed by atoms with van der Waals surface area (Å²) in [4.78, 5) is 14.4. The molecule has 3 nitrogen and oxygen atoms in total. The molecule has 25 heavy (non-hydrogen) atoms. The normalized spacial score (nSPS) is 16.9. The van der Waals surface area contributed by atoms with Crippen LogP contribution in [0, 0.1) is 5.82 Å². The van der Waals surface area contributed by atoms with Crippen LogP contribution in [0.2, 0.25) is 0 Å². The van der Waals surface area contributed by atoms with Crippen molar-refractivity contribution in [3.8, 4) is 0 Å². The Bertz CT molecular complexity index is 687. The molecule has 0 radical (unpaired) electrons. The van der Waals surface area contributed by atoms with Crippen LogP contribution in [-0.4, -0.2) is 24.0 Å². The van der Waals surface area contributed by atoms with Gasteiger partial charge in [0.1, 0.15) is 11.9 Å².